The van der Waals surface area contributed by atoms with Crippen LogP contribution in [0.5, 0.6) is 0 Å². The van der Waals surface area contributed by atoms with E-state index in [0.717, 1.165) is 29.8 Å². The Morgan fingerprint density at radius 2 is 1.84 bits per heavy atom. The molecule has 1 aliphatic carbocycles. The maximum Gasteiger partial charge on any atom is 0.0251 e. The van der Waals surface area contributed by atoms with Crippen molar-refractivity contribution >= 4 is 0 Å². The number of rotatable bonds is 3. The topological polar surface area (TPSA) is 15.3 Å². The Bertz CT molecular complexity index is 264. The third-order valence-corrected chi connectivity index (χ3v) is 5.67. The van der Waals surface area contributed by atoms with Crippen molar-refractivity contribution in [3.8, 4) is 0 Å². The third kappa shape index (κ3) is 3.95. The van der Waals surface area contributed by atoms with Gasteiger partial charge in [0.1, 0.15) is 0 Å². The maximum atomic E-state index is 3.58. The molecule has 4 atom stereocenters. The summed E-state index contributed by atoms with van der Waals surface area (Å²) in [7, 11) is 2.16. The average Bonchev–Trinajstić information content (AvgIpc) is 2.64. The fraction of sp³-hybridized carbons (Fsp3) is 1.00. The molecule has 0 bridgehead atoms. The van der Waals surface area contributed by atoms with Gasteiger partial charge in [-0.3, -0.25) is 4.90 Å². The van der Waals surface area contributed by atoms with Gasteiger partial charge in [0.2, 0.25) is 0 Å². The highest BCUT2D eigenvalue weighted by Gasteiger charge is 2.33. The van der Waals surface area contributed by atoms with Crippen molar-refractivity contribution in [2.24, 2.45) is 17.8 Å². The molecule has 0 spiro atoms. The Balaban J connectivity index is 1.95. The standard InChI is InChI=1S/C17H34N2/c1-13(2)15-6-5-10-19(11-9-15)17-12-14(3)7-8-16(17)18-4/h13-18H,5-12H2,1-4H3. The van der Waals surface area contributed by atoms with Crippen LogP contribution in [0.15, 0.2) is 0 Å². The molecule has 2 rings (SSSR count). The van der Waals surface area contributed by atoms with Gasteiger partial charge in [0.05, 0.1) is 0 Å². The van der Waals surface area contributed by atoms with Crippen LogP contribution in [-0.2, 0) is 0 Å². The van der Waals surface area contributed by atoms with E-state index in [1.165, 1.54) is 51.6 Å². The first kappa shape index (κ1) is 15.3. The molecule has 4 unspecified atom stereocenters. The third-order valence-electron chi connectivity index (χ3n) is 5.67. The second kappa shape index (κ2) is 7.08. The molecule has 0 aromatic rings. The molecule has 1 aliphatic heterocycles. The number of likely N-dealkylation sites (N-methyl/N-ethyl adjacent to an activating group) is 1. The zero-order valence-corrected chi connectivity index (χ0v) is 13.5. The van der Waals surface area contributed by atoms with E-state index in [-0.39, 0.29) is 0 Å². The number of hydrogen-bond acceptors (Lipinski definition) is 2. The van der Waals surface area contributed by atoms with Crippen LogP contribution >= 0.6 is 0 Å². The number of likely N-dealkylation sites (tertiary alicyclic amines) is 1. The lowest BCUT2D eigenvalue weighted by Gasteiger charge is -2.42. The summed E-state index contributed by atoms with van der Waals surface area (Å²) in [5.74, 6) is 2.74. The first-order chi connectivity index (χ1) is 9.11. The molecule has 19 heavy (non-hydrogen) atoms. The fourth-order valence-electron chi connectivity index (χ4n) is 4.23. The first-order valence-corrected chi connectivity index (χ1v) is 8.53. The van der Waals surface area contributed by atoms with E-state index in [2.05, 4.69) is 38.0 Å². The van der Waals surface area contributed by atoms with Crippen LogP contribution < -0.4 is 5.32 Å². The van der Waals surface area contributed by atoms with E-state index in [0.29, 0.717) is 0 Å². The van der Waals surface area contributed by atoms with Crippen LogP contribution in [0.2, 0.25) is 0 Å². The average molecular weight is 266 g/mol. The number of nitrogens with one attached hydrogen (secondary N) is 1. The molecule has 1 N–H and O–H groups in total. The number of nitrogens with zero attached hydrogens (tertiary/aromatic N) is 1. The van der Waals surface area contributed by atoms with Crippen molar-refractivity contribution in [1.82, 2.24) is 10.2 Å². The molecular weight excluding hydrogens is 232 g/mol. The summed E-state index contributed by atoms with van der Waals surface area (Å²) in [6.45, 7) is 9.91. The molecule has 0 radical (unpaired) electrons. The molecule has 0 aromatic carbocycles. The van der Waals surface area contributed by atoms with E-state index < -0.39 is 0 Å². The SMILES string of the molecule is CNC1CCC(C)CC1N1CCCC(C(C)C)CC1. The Labute approximate surface area is 120 Å². The van der Waals surface area contributed by atoms with Crippen LogP contribution in [0, 0.1) is 17.8 Å². The summed E-state index contributed by atoms with van der Waals surface area (Å²) >= 11 is 0. The minimum absolute atomic E-state index is 0.729. The van der Waals surface area contributed by atoms with E-state index in [1.54, 1.807) is 0 Å². The van der Waals surface area contributed by atoms with Crippen LogP contribution in [0.3, 0.4) is 0 Å². The molecule has 0 amide bonds. The van der Waals surface area contributed by atoms with Gasteiger partial charge in [0.15, 0.2) is 0 Å². The zero-order chi connectivity index (χ0) is 13.8. The molecule has 2 heteroatoms. The molecule has 0 aromatic heterocycles. The Morgan fingerprint density at radius 1 is 1.05 bits per heavy atom. The van der Waals surface area contributed by atoms with E-state index in [1.807, 2.05) is 0 Å². The van der Waals surface area contributed by atoms with Gasteiger partial charge in [-0.05, 0) is 76.4 Å². The Morgan fingerprint density at radius 3 is 2.53 bits per heavy atom. The van der Waals surface area contributed by atoms with Crippen molar-refractivity contribution < 1.29 is 0 Å². The van der Waals surface area contributed by atoms with Crippen LogP contribution in [0.25, 0.3) is 0 Å². The summed E-state index contributed by atoms with van der Waals surface area (Å²) in [6, 6.07) is 1.52. The summed E-state index contributed by atoms with van der Waals surface area (Å²) in [5.41, 5.74) is 0. The second-order valence-corrected chi connectivity index (χ2v) is 7.35. The quantitative estimate of drug-likeness (QED) is 0.841. The predicted molar refractivity (Wildman–Crippen MR) is 83.4 cm³/mol. The van der Waals surface area contributed by atoms with Crippen LogP contribution in [-0.4, -0.2) is 37.1 Å². The summed E-state index contributed by atoms with van der Waals surface area (Å²) in [5, 5.41) is 3.58. The highest BCUT2D eigenvalue weighted by Crippen LogP contribution is 2.31. The van der Waals surface area contributed by atoms with Crippen molar-refractivity contribution in [2.75, 3.05) is 20.1 Å². The fourth-order valence-corrected chi connectivity index (χ4v) is 4.23. The van der Waals surface area contributed by atoms with Gasteiger partial charge in [-0.2, -0.15) is 0 Å². The molecule has 2 fully saturated rings. The van der Waals surface area contributed by atoms with E-state index >= 15 is 0 Å². The van der Waals surface area contributed by atoms with Crippen molar-refractivity contribution in [3.63, 3.8) is 0 Å². The minimum atomic E-state index is 0.729. The first-order valence-electron chi connectivity index (χ1n) is 8.53. The molecule has 2 nitrogen and oxygen atoms in total. The second-order valence-electron chi connectivity index (χ2n) is 7.35. The number of hydrogen-bond donors (Lipinski definition) is 1. The normalized spacial score (nSPS) is 38.4. The van der Waals surface area contributed by atoms with E-state index in [9.17, 15) is 0 Å². The molecule has 1 heterocycles. The van der Waals surface area contributed by atoms with Crippen LogP contribution in [0.1, 0.15) is 59.3 Å². The molecule has 1 saturated heterocycles. The molecule has 112 valence electrons. The highest BCUT2D eigenvalue weighted by molar-refractivity contribution is 4.90. The summed E-state index contributed by atoms with van der Waals surface area (Å²) in [6.07, 6.45) is 8.44. The Kier molecular flexibility index (Phi) is 5.70. The maximum absolute atomic E-state index is 3.58. The predicted octanol–water partition coefficient (Wildman–Crippen LogP) is 3.52. The largest absolute Gasteiger partial charge is 0.315 e. The minimum Gasteiger partial charge on any atom is -0.315 e. The summed E-state index contributed by atoms with van der Waals surface area (Å²) in [4.78, 5) is 2.82. The van der Waals surface area contributed by atoms with Crippen molar-refractivity contribution in [2.45, 2.75) is 71.4 Å². The highest BCUT2D eigenvalue weighted by atomic mass is 15.2. The van der Waals surface area contributed by atoms with Gasteiger partial charge >= 0.3 is 0 Å². The summed E-state index contributed by atoms with van der Waals surface area (Å²) < 4.78 is 0. The van der Waals surface area contributed by atoms with Gasteiger partial charge in [0, 0.05) is 12.1 Å². The Hall–Kier alpha value is -0.0800. The van der Waals surface area contributed by atoms with Crippen molar-refractivity contribution in [3.05, 3.63) is 0 Å². The smallest absolute Gasteiger partial charge is 0.0251 e. The molecular formula is C17H34N2. The van der Waals surface area contributed by atoms with Gasteiger partial charge in [-0.25, -0.2) is 0 Å². The molecule has 1 saturated carbocycles. The monoisotopic (exact) mass is 266 g/mol. The lowest BCUT2D eigenvalue weighted by atomic mass is 9.82. The van der Waals surface area contributed by atoms with Gasteiger partial charge < -0.3 is 5.32 Å². The van der Waals surface area contributed by atoms with Crippen LogP contribution in [0.4, 0.5) is 0 Å². The lowest BCUT2D eigenvalue weighted by Crippen LogP contribution is -2.52. The zero-order valence-electron chi connectivity index (χ0n) is 13.5. The van der Waals surface area contributed by atoms with Gasteiger partial charge in [0.25, 0.3) is 0 Å². The van der Waals surface area contributed by atoms with Gasteiger partial charge in [-0.1, -0.05) is 20.8 Å². The molecule has 2 aliphatic rings. The van der Waals surface area contributed by atoms with Gasteiger partial charge in [-0.15, -0.1) is 0 Å². The lowest BCUT2D eigenvalue weighted by molar-refractivity contribution is 0.105. The van der Waals surface area contributed by atoms with Crippen molar-refractivity contribution in [1.29, 1.82) is 0 Å². The van der Waals surface area contributed by atoms with E-state index in [4.69, 9.17) is 0 Å².